The van der Waals surface area contributed by atoms with Crippen molar-refractivity contribution in [1.29, 1.82) is 0 Å². The van der Waals surface area contributed by atoms with Crippen LogP contribution in [0.15, 0.2) is 24.3 Å². The Morgan fingerprint density at radius 2 is 1.85 bits per heavy atom. The quantitative estimate of drug-likeness (QED) is 0.726. The van der Waals surface area contributed by atoms with Crippen LogP contribution >= 0.6 is 12.4 Å². The minimum absolute atomic E-state index is 0. The monoisotopic (exact) mass is 403 g/mol. The predicted octanol–water partition coefficient (Wildman–Crippen LogP) is 2.04. The Morgan fingerprint density at radius 1 is 1.27 bits per heavy atom. The Hall–Kier alpha value is -1.15. The number of sulfone groups is 1. The molecule has 1 aromatic rings. The van der Waals surface area contributed by atoms with Crippen LogP contribution in [0, 0.1) is 5.92 Å². The molecule has 0 aliphatic carbocycles. The van der Waals surface area contributed by atoms with Crippen molar-refractivity contribution in [2.45, 2.75) is 38.8 Å². The Labute approximate surface area is 162 Å². The molecular weight excluding hydrogens is 374 g/mol. The second kappa shape index (κ2) is 10.3. The van der Waals surface area contributed by atoms with Gasteiger partial charge < -0.3 is 11.1 Å². The van der Waals surface area contributed by atoms with Crippen LogP contribution in [0.4, 0.5) is 5.69 Å². The van der Waals surface area contributed by atoms with Crippen LogP contribution in [0.3, 0.4) is 0 Å². The second-order valence-electron chi connectivity index (χ2n) is 7.17. The first-order chi connectivity index (χ1) is 11.7. The van der Waals surface area contributed by atoms with Gasteiger partial charge in [-0.2, -0.15) is 0 Å². The number of anilines is 1. The first kappa shape index (κ1) is 22.9. The van der Waals surface area contributed by atoms with Crippen molar-refractivity contribution in [2.75, 3.05) is 30.4 Å². The highest BCUT2D eigenvalue weighted by Crippen LogP contribution is 2.19. The van der Waals surface area contributed by atoms with E-state index >= 15 is 0 Å². The molecule has 0 bridgehead atoms. The Kier molecular flexibility index (Phi) is 9.03. The maximum absolute atomic E-state index is 12.0. The van der Waals surface area contributed by atoms with Crippen molar-refractivity contribution >= 4 is 33.8 Å². The molecule has 1 aromatic carbocycles. The normalized spacial score (nSPS) is 17.3. The third kappa shape index (κ3) is 8.03. The Bertz CT molecular complexity index is 671. The number of halogens is 1. The number of nitrogens with two attached hydrogens (primary N) is 1. The molecule has 0 radical (unpaired) electrons. The van der Waals surface area contributed by atoms with Crippen LogP contribution in [0.25, 0.3) is 0 Å². The molecule has 1 fully saturated rings. The van der Waals surface area contributed by atoms with Gasteiger partial charge in [0.25, 0.3) is 0 Å². The lowest BCUT2D eigenvalue weighted by atomic mass is 9.99. The number of nitrogens with one attached hydrogen (secondary N) is 1. The molecule has 26 heavy (non-hydrogen) atoms. The first-order valence-corrected chi connectivity index (χ1v) is 10.8. The zero-order valence-electron chi connectivity index (χ0n) is 15.5. The van der Waals surface area contributed by atoms with E-state index in [1.807, 2.05) is 24.3 Å². The number of amides is 1. The number of rotatable bonds is 7. The van der Waals surface area contributed by atoms with Crippen LogP contribution < -0.4 is 11.1 Å². The van der Waals surface area contributed by atoms with Crippen LogP contribution in [-0.4, -0.2) is 50.4 Å². The molecule has 148 valence electrons. The van der Waals surface area contributed by atoms with E-state index in [-0.39, 0.29) is 30.5 Å². The van der Waals surface area contributed by atoms with E-state index in [0.29, 0.717) is 5.69 Å². The summed E-state index contributed by atoms with van der Waals surface area (Å²) in [6.45, 7) is 5.49. The number of likely N-dealkylation sites (tertiary alicyclic amines) is 1. The van der Waals surface area contributed by atoms with Crippen LogP contribution in [-0.2, 0) is 21.2 Å². The minimum atomic E-state index is -3.11. The van der Waals surface area contributed by atoms with Gasteiger partial charge in [-0.15, -0.1) is 12.4 Å². The van der Waals surface area contributed by atoms with E-state index in [1.165, 1.54) is 18.4 Å². The fraction of sp³-hybridized carbons (Fsp3) is 0.611. The van der Waals surface area contributed by atoms with Crippen molar-refractivity contribution in [3.05, 3.63) is 29.8 Å². The fourth-order valence-electron chi connectivity index (χ4n) is 2.88. The minimum Gasteiger partial charge on any atom is -0.325 e. The summed E-state index contributed by atoms with van der Waals surface area (Å²) in [5.74, 6) is 0.372. The molecule has 3 N–H and O–H groups in total. The zero-order valence-corrected chi connectivity index (χ0v) is 17.1. The highest BCUT2D eigenvalue weighted by Gasteiger charge is 2.17. The molecule has 6 nitrogen and oxygen atoms in total. The van der Waals surface area contributed by atoms with Gasteiger partial charge in [0.1, 0.15) is 9.84 Å². The number of carbonyl (C=O) groups excluding carboxylic acids is 1. The number of carbonyl (C=O) groups is 1. The van der Waals surface area contributed by atoms with E-state index < -0.39 is 15.9 Å². The van der Waals surface area contributed by atoms with Crippen LogP contribution in [0.5, 0.6) is 0 Å². The molecular formula is C18H30ClN3O3S. The van der Waals surface area contributed by atoms with Gasteiger partial charge in [-0.1, -0.05) is 19.1 Å². The van der Waals surface area contributed by atoms with E-state index in [9.17, 15) is 13.2 Å². The molecule has 1 unspecified atom stereocenters. The van der Waals surface area contributed by atoms with Crippen molar-refractivity contribution in [3.8, 4) is 0 Å². The predicted molar refractivity (Wildman–Crippen MR) is 108 cm³/mol. The lowest BCUT2D eigenvalue weighted by Gasteiger charge is -2.30. The van der Waals surface area contributed by atoms with Gasteiger partial charge in [0.05, 0.1) is 11.8 Å². The average Bonchev–Trinajstić information content (AvgIpc) is 2.56. The molecule has 1 aliphatic heterocycles. The van der Waals surface area contributed by atoms with E-state index in [0.717, 1.165) is 31.8 Å². The summed E-state index contributed by atoms with van der Waals surface area (Å²) >= 11 is 0. The van der Waals surface area contributed by atoms with Gasteiger partial charge in [-0.05, 0) is 56.0 Å². The Morgan fingerprint density at radius 3 is 2.38 bits per heavy atom. The lowest BCUT2D eigenvalue weighted by Crippen LogP contribution is -2.37. The molecule has 1 aliphatic rings. The third-order valence-corrected chi connectivity index (χ3v) is 5.62. The fourth-order valence-corrected chi connectivity index (χ4v) is 3.56. The molecule has 1 heterocycles. The number of piperidine rings is 1. The summed E-state index contributed by atoms with van der Waals surface area (Å²) in [7, 11) is -3.11. The highest BCUT2D eigenvalue weighted by atomic mass is 35.5. The van der Waals surface area contributed by atoms with Crippen LogP contribution in [0.1, 0.15) is 31.7 Å². The largest absolute Gasteiger partial charge is 0.325 e. The van der Waals surface area contributed by atoms with Gasteiger partial charge in [-0.3, -0.25) is 9.69 Å². The van der Waals surface area contributed by atoms with Gasteiger partial charge in [0.2, 0.25) is 5.91 Å². The van der Waals surface area contributed by atoms with Crippen molar-refractivity contribution in [1.82, 2.24) is 4.90 Å². The number of benzene rings is 1. The molecule has 1 amide bonds. The SMILES string of the molecule is CC1CCN(Cc2ccc(NC(=O)C(N)CCS(C)(=O)=O)cc2)CC1.Cl. The number of nitrogens with zero attached hydrogens (tertiary/aromatic N) is 1. The van der Waals surface area contributed by atoms with Crippen molar-refractivity contribution in [3.63, 3.8) is 0 Å². The molecule has 2 rings (SSSR count). The summed E-state index contributed by atoms with van der Waals surface area (Å²) < 4.78 is 22.3. The maximum Gasteiger partial charge on any atom is 0.241 e. The van der Waals surface area contributed by atoms with Crippen LogP contribution in [0.2, 0.25) is 0 Å². The summed E-state index contributed by atoms with van der Waals surface area (Å²) in [6.07, 6.45) is 3.76. The molecule has 0 spiro atoms. The molecule has 1 atom stereocenters. The van der Waals surface area contributed by atoms with Crippen molar-refractivity contribution < 1.29 is 13.2 Å². The van der Waals surface area contributed by atoms with Gasteiger partial charge in [-0.25, -0.2) is 8.42 Å². The van der Waals surface area contributed by atoms with E-state index in [2.05, 4.69) is 17.1 Å². The standard InChI is InChI=1S/C18H29N3O3S.ClH/c1-14-7-10-21(11-8-14)13-15-3-5-16(6-4-15)20-18(22)17(19)9-12-25(2,23)24;/h3-6,14,17H,7-13,19H2,1-2H3,(H,20,22);1H. The second-order valence-corrected chi connectivity index (χ2v) is 9.43. The average molecular weight is 404 g/mol. The van der Waals surface area contributed by atoms with E-state index in [1.54, 1.807) is 0 Å². The maximum atomic E-state index is 12.0. The zero-order chi connectivity index (χ0) is 18.4. The molecule has 1 saturated heterocycles. The summed E-state index contributed by atoms with van der Waals surface area (Å²) in [5.41, 5.74) is 7.65. The molecule has 0 saturated carbocycles. The highest BCUT2D eigenvalue weighted by molar-refractivity contribution is 7.90. The van der Waals surface area contributed by atoms with Gasteiger partial charge in [0.15, 0.2) is 0 Å². The summed E-state index contributed by atoms with van der Waals surface area (Å²) in [6, 6.07) is 6.92. The Balaban J connectivity index is 0.00000338. The molecule has 8 heteroatoms. The number of hydrogen-bond acceptors (Lipinski definition) is 5. The summed E-state index contributed by atoms with van der Waals surface area (Å²) in [4.78, 5) is 14.5. The van der Waals surface area contributed by atoms with Gasteiger partial charge >= 0.3 is 0 Å². The number of hydrogen-bond donors (Lipinski definition) is 2. The third-order valence-electron chi connectivity index (χ3n) is 4.64. The molecule has 0 aromatic heterocycles. The van der Waals surface area contributed by atoms with Gasteiger partial charge in [0, 0.05) is 18.5 Å². The first-order valence-electron chi connectivity index (χ1n) is 8.78. The topological polar surface area (TPSA) is 92.5 Å². The van der Waals surface area contributed by atoms with Crippen molar-refractivity contribution in [2.24, 2.45) is 11.7 Å². The lowest BCUT2D eigenvalue weighted by molar-refractivity contribution is -0.117. The smallest absolute Gasteiger partial charge is 0.241 e. The van der Waals surface area contributed by atoms with E-state index in [4.69, 9.17) is 5.73 Å². The summed E-state index contributed by atoms with van der Waals surface area (Å²) in [5, 5.41) is 2.74.